The number of esters is 1. The Bertz CT molecular complexity index is 1120. The van der Waals surface area contributed by atoms with Crippen molar-refractivity contribution in [3.63, 3.8) is 0 Å². The average Bonchev–Trinajstić information content (AvgIpc) is 2.93. The minimum Gasteiger partial charge on any atom is -0.505 e. The van der Waals surface area contributed by atoms with Crippen LogP contribution in [0.25, 0.3) is 10.9 Å². The third-order valence-corrected chi connectivity index (χ3v) is 5.30. The van der Waals surface area contributed by atoms with Gasteiger partial charge in [0.1, 0.15) is 0 Å². The first-order valence-electron chi connectivity index (χ1n) is 9.22. The van der Waals surface area contributed by atoms with E-state index in [1.165, 1.54) is 11.5 Å². The summed E-state index contributed by atoms with van der Waals surface area (Å²) >= 11 is 5.91. The Balaban J connectivity index is 2.41. The van der Waals surface area contributed by atoms with Gasteiger partial charge in [-0.1, -0.05) is 25.4 Å². The third-order valence-electron chi connectivity index (χ3n) is 5.05. The maximum absolute atomic E-state index is 14.6. The Kier molecular flexibility index (Phi) is 5.66. The lowest BCUT2D eigenvalue weighted by atomic mass is 9.93. The van der Waals surface area contributed by atoms with E-state index in [4.69, 9.17) is 16.3 Å². The number of hydrogen-bond donors (Lipinski definition) is 1. The molecule has 1 N–H and O–H groups in total. The second kappa shape index (κ2) is 7.87. The molecule has 0 fully saturated rings. The van der Waals surface area contributed by atoms with Gasteiger partial charge in [-0.2, -0.15) is 0 Å². The van der Waals surface area contributed by atoms with Crippen molar-refractivity contribution in [3.05, 3.63) is 58.0 Å². The van der Waals surface area contributed by atoms with Crippen LogP contribution in [-0.4, -0.2) is 21.6 Å². The summed E-state index contributed by atoms with van der Waals surface area (Å²) < 4.78 is 21.3. The number of halogens is 2. The number of fused-ring (bicyclic) bond motifs is 1. The largest absolute Gasteiger partial charge is 0.505 e. The number of aromatic nitrogens is 1. The number of aromatic hydroxyl groups is 1. The second-order valence-corrected chi connectivity index (χ2v) is 7.42. The van der Waals surface area contributed by atoms with E-state index in [9.17, 15) is 19.1 Å². The summed E-state index contributed by atoms with van der Waals surface area (Å²) in [5.74, 6) is -2.45. The van der Waals surface area contributed by atoms with Gasteiger partial charge in [-0.15, -0.1) is 0 Å². The van der Waals surface area contributed by atoms with Gasteiger partial charge in [0, 0.05) is 29.1 Å². The summed E-state index contributed by atoms with van der Waals surface area (Å²) in [5.41, 5.74) is 1.21. The zero-order valence-corrected chi connectivity index (χ0v) is 17.3. The van der Waals surface area contributed by atoms with Crippen molar-refractivity contribution in [1.29, 1.82) is 0 Å². The van der Waals surface area contributed by atoms with E-state index in [2.05, 4.69) is 0 Å². The lowest BCUT2D eigenvalue weighted by Gasteiger charge is -2.15. The first-order valence-corrected chi connectivity index (χ1v) is 9.60. The van der Waals surface area contributed by atoms with Gasteiger partial charge in [0.2, 0.25) is 0 Å². The predicted octanol–water partition coefficient (Wildman–Crippen LogP) is 5.58. The molecule has 0 saturated heterocycles. The lowest BCUT2D eigenvalue weighted by Crippen LogP contribution is -2.14. The van der Waals surface area contributed by atoms with Gasteiger partial charge in [0.05, 0.1) is 16.6 Å². The Morgan fingerprint density at radius 1 is 1.28 bits per heavy atom. The first kappa shape index (κ1) is 20.9. The Labute approximate surface area is 172 Å². The molecular weight excluding hydrogens is 397 g/mol. The molecule has 5 nitrogen and oxygen atoms in total. The SMILES string of the molecule is CC[C@@H](C)c1c(O)c(F)cc2c1c(OC(C)=O)c(C)n2C(=O)c1ccc(Cl)cc1. The van der Waals surface area contributed by atoms with Gasteiger partial charge >= 0.3 is 5.97 Å². The van der Waals surface area contributed by atoms with Crippen molar-refractivity contribution in [1.82, 2.24) is 4.57 Å². The number of carbonyl (C=O) groups excluding carboxylic acids is 2. The third kappa shape index (κ3) is 3.60. The van der Waals surface area contributed by atoms with Crippen molar-refractivity contribution in [3.8, 4) is 11.5 Å². The van der Waals surface area contributed by atoms with E-state index >= 15 is 0 Å². The molecule has 0 unspecified atom stereocenters. The first-order chi connectivity index (χ1) is 13.7. The lowest BCUT2D eigenvalue weighted by molar-refractivity contribution is -0.131. The highest BCUT2D eigenvalue weighted by molar-refractivity contribution is 6.30. The predicted molar refractivity (Wildman–Crippen MR) is 109 cm³/mol. The topological polar surface area (TPSA) is 68.5 Å². The van der Waals surface area contributed by atoms with Crippen molar-refractivity contribution in [2.24, 2.45) is 0 Å². The standard InChI is InChI=1S/C22H21ClFNO4/c1-5-11(2)18-19-17(10-16(24)20(18)27)25(12(3)21(19)29-13(4)26)22(28)14-6-8-15(23)9-7-14/h6-11,27H,5H2,1-4H3/t11-/m1/s1. The number of carbonyl (C=O) groups is 2. The van der Waals surface area contributed by atoms with Gasteiger partial charge < -0.3 is 9.84 Å². The molecule has 3 rings (SSSR count). The normalized spacial score (nSPS) is 12.2. The van der Waals surface area contributed by atoms with Crippen molar-refractivity contribution in [2.75, 3.05) is 0 Å². The number of rotatable bonds is 4. The number of phenolic OH excluding ortho intramolecular Hbond substituents is 1. The monoisotopic (exact) mass is 417 g/mol. The van der Waals surface area contributed by atoms with Crippen LogP contribution in [0.4, 0.5) is 4.39 Å². The summed E-state index contributed by atoms with van der Waals surface area (Å²) in [6.45, 7) is 6.59. The van der Waals surface area contributed by atoms with Crippen molar-refractivity contribution < 1.29 is 23.8 Å². The minimum atomic E-state index is -0.843. The molecule has 7 heteroatoms. The van der Waals surface area contributed by atoms with E-state index in [1.54, 1.807) is 31.2 Å². The van der Waals surface area contributed by atoms with Crippen LogP contribution < -0.4 is 4.74 Å². The summed E-state index contributed by atoms with van der Waals surface area (Å²) in [4.78, 5) is 25.0. The van der Waals surface area contributed by atoms with Crippen LogP contribution >= 0.6 is 11.6 Å². The summed E-state index contributed by atoms with van der Waals surface area (Å²) in [7, 11) is 0. The molecule has 0 spiro atoms. The fourth-order valence-corrected chi connectivity index (χ4v) is 3.59. The number of nitrogens with zero attached hydrogens (tertiary/aromatic N) is 1. The molecule has 29 heavy (non-hydrogen) atoms. The maximum Gasteiger partial charge on any atom is 0.308 e. The number of ether oxygens (including phenoxy) is 1. The molecular formula is C22H21ClFNO4. The fraction of sp³-hybridized carbons (Fsp3) is 0.273. The molecule has 0 aliphatic carbocycles. The molecule has 2 aromatic carbocycles. The smallest absolute Gasteiger partial charge is 0.308 e. The highest BCUT2D eigenvalue weighted by Gasteiger charge is 2.29. The van der Waals surface area contributed by atoms with Crippen LogP contribution in [0.3, 0.4) is 0 Å². The Hall–Kier alpha value is -2.86. The van der Waals surface area contributed by atoms with Gasteiger partial charge in [-0.25, -0.2) is 4.39 Å². The van der Waals surface area contributed by atoms with E-state index in [1.807, 2.05) is 13.8 Å². The highest BCUT2D eigenvalue weighted by Crippen LogP contribution is 2.44. The van der Waals surface area contributed by atoms with Gasteiger partial charge in [-0.05, 0) is 43.5 Å². The van der Waals surface area contributed by atoms with Crippen LogP contribution in [0.15, 0.2) is 30.3 Å². The van der Waals surface area contributed by atoms with Gasteiger partial charge in [-0.3, -0.25) is 14.2 Å². The highest BCUT2D eigenvalue weighted by atomic mass is 35.5. The molecule has 0 amide bonds. The molecule has 0 aliphatic rings. The van der Waals surface area contributed by atoms with Gasteiger partial charge in [0.25, 0.3) is 5.91 Å². The quantitative estimate of drug-likeness (QED) is 0.563. The summed E-state index contributed by atoms with van der Waals surface area (Å²) in [6, 6.07) is 7.38. The molecule has 3 aromatic rings. The van der Waals surface area contributed by atoms with Crippen LogP contribution in [0.1, 0.15) is 54.7 Å². The van der Waals surface area contributed by atoms with Gasteiger partial charge in [0.15, 0.2) is 17.3 Å². The summed E-state index contributed by atoms with van der Waals surface area (Å²) in [6.07, 6.45) is 0.612. The number of benzene rings is 2. The van der Waals surface area contributed by atoms with Crippen LogP contribution in [-0.2, 0) is 4.79 Å². The Morgan fingerprint density at radius 2 is 1.90 bits per heavy atom. The van der Waals surface area contributed by atoms with E-state index in [0.717, 1.165) is 6.07 Å². The minimum absolute atomic E-state index is 0.139. The van der Waals surface area contributed by atoms with E-state index < -0.39 is 23.4 Å². The number of phenols is 1. The zero-order chi connectivity index (χ0) is 21.5. The van der Waals surface area contributed by atoms with E-state index in [-0.39, 0.29) is 17.2 Å². The maximum atomic E-state index is 14.6. The van der Waals surface area contributed by atoms with Crippen LogP contribution in [0, 0.1) is 12.7 Å². The van der Waals surface area contributed by atoms with Crippen molar-refractivity contribution >= 4 is 34.4 Å². The molecule has 0 radical (unpaired) electrons. The molecule has 0 bridgehead atoms. The molecule has 1 heterocycles. The van der Waals surface area contributed by atoms with Crippen LogP contribution in [0.2, 0.25) is 5.02 Å². The average molecular weight is 418 g/mol. The molecule has 1 aromatic heterocycles. The molecule has 1 atom stereocenters. The zero-order valence-electron chi connectivity index (χ0n) is 16.5. The molecule has 152 valence electrons. The van der Waals surface area contributed by atoms with E-state index in [0.29, 0.717) is 33.7 Å². The number of hydrogen-bond acceptors (Lipinski definition) is 4. The van der Waals surface area contributed by atoms with Crippen LogP contribution in [0.5, 0.6) is 11.5 Å². The fourth-order valence-electron chi connectivity index (χ4n) is 3.46. The van der Waals surface area contributed by atoms with Crippen molar-refractivity contribution in [2.45, 2.75) is 40.0 Å². The second-order valence-electron chi connectivity index (χ2n) is 6.98. The Morgan fingerprint density at radius 3 is 2.45 bits per heavy atom. The summed E-state index contributed by atoms with van der Waals surface area (Å²) in [5, 5.41) is 11.3. The molecule has 0 saturated carbocycles. The molecule has 0 aliphatic heterocycles.